The Balaban J connectivity index is 2.11. The Bertz CT molecular complexity index is 124. The molecule has 0 aromatic rings. The summed E-state index contributed by atoms with van der Waals surface area (Å²) in [6.07, 6.45) is 4.93. The monoisotopic (exact) mass is 142 g/mol. The number of rotatable bonds is 0. The molecule has 2 saturated heterocycles. The average molecular weight is 142 g/mol. The maximum atomic E-state index is 9.65. The summed E-state index contributed by atoms with van der Waals surface area (Å²) in [5, 5.41) is 9.65. The van der Waals surface area contributed by atoms with Gasteiger partial charge in [-0.25, -0.2) is 0 Å². The molecule has 1 N–H and O–H groups in total. The van der Waals surface area contributed by atoms with Crippen molar-refractivity contribution >= 4 is 0 Å². The van der Waals surface area contributed by atoms with Gasteiger partial charge in [0.2, 0.25) is 0 Å². The molecule has 58 valence electrons. The van der Waals surface area contributed by atoms with Crippen molar-refractivity contribution in [2.24, 2.45) is 0 Å². The highest BCUT2D eigenvalue weighted by Crippen LogP contribution is 2.30. The van der Waals surface area contributed by atoms with E-state index >= 15 is 0 Å². The molecule has 0 radical (unpaired) electrons. The van der Waals surface area contributed by atoms with E-state index in [-0.39, 0.29) is 6.23 Å². The van der Waals surface area contributed by atoms with Crippen molar-refractivity contribution in [3.63, 3.8) is 0 Å². The van der Waals surface area contributed by atoms with E-state index in [1.807, 2.05) is 0 Å². The molecule has 1 atom stereocenters. The molecule has 2 nitrogen and oxygen atoms in total. The van der Waals surface area contributed by atoms with E-state index in [9.17, 15) is 5.11 Å². The lowest BCUT2D eigenvalue weighted by Gasteiger charge is -2.32. The summed E-state index contributed by atoms with van der Waals surface area (Å²) in [5.74, 6) is 0. The van der Waals surface area contributed by atoms with Crippen LogP contribution in [0.4, 0.5) is 0 Å². The molecule has 2 aliphatic heterocycles. The van der Waals surface area contributed by atoms with Gasteiger partial charge in [0, 0.05) is 25.7 Å². The molecule has 0 aliphatic carbocycles. The highest BCUT2D eigenvalue weighted by atomic mass is 16.3. The van der Waals surface area contributed by atoms with E-state index in [1.165, 1.54) is 38.9 Å². The van der Waals surface area contributed by atoms with E-state index in [4.69, 9.17) is 0 Å². The highest BCUT2D eigenvalue weighted by molar-refractivity contribution is 4.63. The molecule has 2 aliphatic rings. The van der Waals surface area contributed by atoms with E-state index in [0.29, 0.717) is 0 Å². The Morgan fingerprint density at radius 2 is 1.60 bits per heavy atom. The van der Waals surface area contributed by atoms with Crippen LogP contribution in [0.25, 0.3) is 0 Å². The summed E-state index contributed by atoms with van der Waals surface area (Å²) in [5.41, 5.74) is 0. The fourth-order valence-electron chi connectivity index (χ4n) is 2.50. The smallest absolute Gasteiger partial charge is 0.190 e. The van der Waals surface area contributed by atoms with Crippen molar-refractivity contribution in [2.45, 2.75) is 31.9 Å². The van der Waals surface area contributed by atoms with Crippen molar-refractivity contribution in [3.05, 3.63) is 0 Å². The van der Waals surface area contributed by atoms with Crippen LogP contribution in [0.5, 0.6) is 0 Å². The molecule has 2 rings (SSSR count). The van der Waals surface area contributed by atoms with Crippen molar-refractivity contribution in [1.82, 2.24) is 0 Å². The molecule has 0 bridgehead atoms. The highest BCUT2D eigenvalue weighted by Gasteiger charge is 2.42. The molecular formula is C8H16NO+. The summed E-state index contributed by atoms with van der Waals surface area (Å²) >= 11 is 0. The SMILES string of the molecule is OC1CCC[N+]12CCCC2. The zero-order valence-electron chi connectivity index (χ0n) is 6.42. The fourth-order valence-corrected chi connectivity index (χ4v) is 2.50. The van der Waals surface area contributed by atoms with Gasteiger partial charge in [0.15, 0.2) is 6.23 Å². The van der Waals surface area contributed by atoms with Crippen LogP contribution in [0.1, 0.15) is 25.7 Å². The van der Waals surface area contributed by atoms with Crippen LogP contribution in [0, 0.1) is 0 Å². The summed E-state index contributed by atoms with van der Waals surface area (Å²) in [6, 6.07) is 0. The molecule has 2 heteroatoms. The maximum Gasteiger partial charge on any atom is 0.190 e. The lowest BCUT2D eigenvalue weighted by Crippen LogP contribution is -2.48. The minimum atomic E-state index is -0.0116. The van der Waals surface area contributed by atoms with Crippen LogP contribution in [-0.4, -0.2) is 35.5 Å². The summed E-state index contributed by atoms with van der Waals surface area (Å²) in [7, 11) is 0. The number of nitrogens with zero attached hydrogens (tertiary/aromatic N) is 1. The van der Waals surface area contributed by atoms with Crippen molar-refractivity contribution in [2.75, 3.05) is 19.6 Å². The van der Waals surface area contributed by atoms with Gasteiger partial charge in [0.05, 0.1) is 19.6 Å². The van der Waals surface area contributed by atoms with Gasteiger partial charge in [-0.05, 0) is 0 Å². The normalized spacial score (nSPS) is 37.5. The molecule has 2 fully saturated rings. The van der Waals surface area contributed by atoms with Gasteiger partial charge in [-0.1, -0.05) is 0 Å². The number of hydrogen-bond donors (Lipinski definition) is 1. The third kappa shape index (κ3) is 0.789. The van der Waals surface area contributed by atoms with Crippen LogP contribution in [-0.2, 0) is 0 Å². The first-order valence-corrected chi connectivity index (χ1v) is 4.37. The van der Waals surface area contributed by atoms with E-state index in [1.54, 1.807) is 0 Å². The molecule has 1 spiro atoms. The standard InChI is InChI=1S/C8H16NO/c10-8-4-3-7-9(8)5-1-2-6-9/h8,10H,1-7H2/q+1. The topological polar surface area (TPSA) is 20.2 Å². The van der Waals surface area contributed by atoms with Gasteiger partial charge in [-0.2, -0.15) is 0 Å². The van der Waals surface area contributed by atoms with E-state index in [0.717, 1.165) is 10.9 Å². The number of quaternary nitrogens is 1. The first-order chi connectivity index (χ1) is 4.83. The fraction of sp³-hybridized carbons (Fsp3) is 1.00. The lowest BCUT2D eigenvalue weighted by molar-refractivity contribution is -0.948. The quantitative estimate of drug-likeness (QED) is 0.494. The second-order valence-electron chi connectivity index (χ2n) is 3.72. The minimum absolute atomic E-state index is 0.0116. The molecule has 0 aromatic heterocycles. The predicted molar refractivity (Wildman–Crippen MR) is 39.3 cm³/mol. The van der Waals surface area contributed by atoms with E-state index < -0.39 is 0 Å². The van der Waals surface area contributed by atoms with Gasteiger partial charge in [-0.3, -0.25) is 4.48 Å². The third-order valence-corrected chi connectivity index (χ3v) is 3.15. The lowest BCUT2D eigenvalue weighted by atomic mass is 10.4. The van der Waals surface area contributed by atoms with Crippen LogP contribution >= 0.6 is 0 Å². The van der Waals surface area contributed by atoms with Crippen LogP contribution < -0.4 is 0 Å². The second-order valence-corrected chi connectivity index (χ2v) is 3.72. The second kappa shape index (κ2) is 2.21. The molecule has 2 heterocycles. The maximum absolute atomic E-state index is 9.65. The molecule has 1 unspecified atom stereocenters. The largest absolute Gasteiger partial charge is 0.345 e. The summed E-state index contributed by atoms with van der Waals surface area (Å²) in [6.45, 7) is 3.71. The van der Waals surface area contributed by atoms with Gasteiger partial charge in [-0.15, -0.1) is 0 Å². The Hall–Kier alpha value is -0.0800. The zero-order valence-corrected chi connectivity index (χ0v) is 6.42. The van der Waals surface area contributed by atoms with Crippen LogP contribution in [0.15, 0.2) is 0 Å². The van der Waals surface area contributed by atoms with Crippen LogP contribution in [0.3, 0.4) is 0 Å². The Labute approximate surface area is 62.0 Å². The molecule has 10 heavy (non-hydrogen) atoms. The van der Waals surface area contributed by atoms with Gasteiger partial charge < -0.3 is 5.11 Å². The minimum Gasteiger partial charge on any atom is -0.345 e. The van der Waals surface area contributed by atoms with Crippen molar-refractivity contribution < 1.29 is 9.59 Å². The molecule has 0 saturated carbocycles. The zero-order chi connectivity index (χ0) is 7.03. The molecular weight excluding hydrogens is 126 g/mol. The van der Waals surface area contributed by atoms with Crippen molar-refractivity contribution in [3.8, 4) is 0 Å². The summed E-state index contributed by atoms with van der Waals surface area (Å²) in [4.78, 5) is 0. The Kier molecular flexibility index (Phi) is 1.46. The number of hydrogen-bond acceptors (Lipinski definition) is 1. The van der Waals surface area contributed by atoms with Gasteiger partial charge in [0.25, 0.3) is 0 Å². The van der Waals surface area contributed by atoms with E-state index in [2.05, 4.69) is 0 Å². The molecule has 0 aromatic carbocycles. The Morgan fingerprint density at radius 1 is 1.00 bits per heavy atom. The number of aliphatic hydroxyl groups excluding tert-OH is 1. The Morgan fingerprint density at radius 3 is 2.10 bits per heavy atom. The summed E-state index contributed by atoms with van der Waals surface area (Å²) < 4.78 is 1.04. The predicted octanol–water partition coefficient (Wildman–Crippen LogP) is 0.709. The van der Waals surface area contributed by atoms with Gasteiger partial charge >= 0.3 is 0 Å². The number of aliphatic hydroxyl groups is 1. The average Bonchev–Trinajstić information content (AvgIpc) is 2.48. The third-order valence-electron chi connectivity index (χ3n) is 3.15. The van der Waals surface area contributed by atoms with Crippen LogP contribution in [0.2, 0.25) is 0 Å². The van der Waals surface area contributed by atoms with Gasteiger partial charge in [0.1, 0.15) is 0 Å². The van der Waals surface area contributed by atoms with Crippen molar-refractivity contribution in [1.29, 1.82) is 0 Å². The first kappa shape index (κ1) is 6.62. The molecule has 0 amide bonds. The first-order valence-electron chi connectivity index (χ1n) is 4.37.